The summed E-state index contributed by atoms with van der Waals surface area (Å²) >= 11 is 1.60. The summed E-state index contributed by atoms with van der Waals surface area (Å²) in [5, 5.41) is 9.35. The average Bonchev–Trinajstić information content (AvgIpc) is 2.59. The van der Waals surface area contributed by atoms with Crippen LogP contribution in [0.15, 0.2) is 5.16 Å². The first kappa shape index (κ1) is 13.4. The number of fused-ring (bicyclic) bond motifs is 1. The van der Waals surface area contributed by atoms with Crippen molar-refractivity contribution >= 4 is 17.7 Å². The van der Waals surface area contributed by atoms with Gasteiger partial charge in [-0.3, -0.25) is 4.79 Å². The van der Waals surface area contributed by atoms with Crippen molar-refractivity contribution in [3.05, 3.63) is 5.82 Å². The number of primary amides is 1. The Kier molecular flexibility index (Phi) is 4.60. The molecule has 0 saturated carbocycles. The SMILES string of the molecule is NC(=O)C(N)CCSc1nnc2n1CCCCC2. The number of hydrogen-bond donors (Lipinski definition) is 2. The largest absolute Gasteiger partial charge is 0.368 e. The van der Waals surface area contributed by atoms with Crippen LogP contribution in [0, 0.1) is 0 Å². The number of carbonyl (C=O) groups excluding carboxylic acids is 1. The molecule has 0 aliphatic carbocycles. The second kappa shape index (κ2) is 6.19. The molecule has 2 heterocycles. The molecule has 1 atom stereocenters. The third kappa shape index (κ3) is 3.23. The van der Waals surface area contributed by atoms with Gasteiger partial charge in [0.05, 0.1) is 6.04 Å². The Labute approximate surface area is 111 Å². The third-order valence-corrected chi connectivity index (χ3v) is 4.10. The van der Waals surface area contributed by atoms with Crippen molar-refractivity contribution < 1.29 is 4.79 Å². The van der Waals surface area contributed by atoms with Gasteiger partial charge in [-0.05, 0) is 19.3 Å². The zero-order chi connectivity index (χ0) is 13.0. The Morgan fingerprint density at radius 2 is 2.22 bits per heavy atom. The van der Waals surface area contributed by atoms with Crippen molar-refractivity contribution in [3.8, 4) is 0 Å². The molecule has 6 nitrogen and oxygen atoms in total. The van der Waals surface area contributed by atoms with Crippen LogP contribution in [0.1, 0.15) is 31.5 Å². The normalized spacial score (nSPS) is 16.9. The highest BCUT2D eigenvalue weighted by molar-refractivity contribution is 7.99. The molecule has 1 aliphatic rings. The molecule has 1 unspecified atom stereocenters. The minimum atomic E-state index is -0.566. The fourth-order valence-corrected chi connectivity index (χ4v) is 2.99. The molecule has 1 aliphatic heterocycles. The molecular formula is C11H19N5OS. The van der Waals surface area contributed by atoms with E-state index < -0.39 is 11.9 Å². The average molecular weight is 269 g/mol. The molecule has 0 bridgehead atoms. The van der Waals surface area contributed by atoms with Crippen molar-refractivity contribution in [1.29, 1.82) is 0 Å². The van der Waals surface area contributed by atoms with Gasteiger partial charge in [0.15, 0.2) is 5.16 Å². The standard InChI is InChI=1S/C11H19N5OS/c12-8(10(13)17)5-7-18-11-15-14-9-4-2-1-3-6-16(9)11/h8H,1-7,12H2,(H2,13,17). The monoisotopic (exact) mass is 269 g/mol. The zero-order valence-corrected chi connectivity index (χ0v) is 11.2. The highest BCUT2D eigenvalue weighted by atomic mass is 32.2. The second-order valence-corrected chi connectivity index (χ2v) is 5.57. The van der Waals surface area contributed by atoms with Gasteiger partial charge < -0.3 is 16.0 Å². The van der Waals surface area contributed by atoms with E-state index in [0.29, 0.717) is 6.42 Å². The summed E-state index contributed by atoms with van der Waals surface area (Å²) in [5.41, 5.74) is 10.7. The zero-order valence-electron chi connectivity index (χ0n) is 10.3. The van der Waals surface area contributed by atoms with E-state index in [2.05, 4.69) is 14.8 Å². The van der Waals surface area contributed by atoms with Gasteiger partial charge in [-0.15, -0.1) is 10.2 Å². The number of aromatic nitrogens is 3. The van der Waals surface area contributed by atoms with Crippen LogP contribution in [0.25, 0.3) is 0 Å². The van der Waals surface area contributed by atoms with Crippen LogP contribution in [0.4, 0.5) is 0 Å². The molecular weight excluding hydrogens is 250 g/mol. The molecule has 1 aromatic heterocycles. The Balaban J connectivity index is 1.90. The second-order valence-electron chi connectivity index (χ2n) is 4.51. The van der Waals surface area contributed by atoms with Crippen LogP contribution < -0.4 is 11.5 Å². The van der Waals surface area contributed by atoms with Crippen LogP contribution in [0.5, 0.6) is 0 Å². The van der Waals surface area contributed by atoms with E-state index in [1.807, 2.05) is 0 Å². The fourth-order valence-electron chi connectivity index (χ4n) is 1.98. The lowest BCUT2D eigenvalue weighted by molar-refractivity contribution is -0.119. The summed E-state index contributed by atoms with van der Waals surface area (Å²) < 4.78 is 2.19. The predicted molar refractivity (Wildman–Crippen MR) is 70.1 cm³/mol. The minimum Gasteiger partial charge on any atom is -0.368 e. The summed E-state index contributed by atoms with van der Waals surface area (Å²) in [6, 6.07) is -0.566. The topological polar surface area (TPSA) is 99.8 Å². The number of hydrogen-bond acceptors (Lipinski definition) is 5. The Morgan fingerprint density at radius 1 is 1.39 bits per heavy atom. The van der Waals surface area contributed by atoms with Crippen LogP contribution in [-0.4, -0.2) is 32.5 Å². The van der Waals surface area contributed by atoms with Gasteiger partial charge in [-0.1, -0.05) is 18.2 Å². The third-order valence-electron chi connectivity index (χ3n) is 3.10. The number of amides is 1. The smallest absolute Gasteiger partial charge is 0.234 e. The summed E-state index contributed by atoms with van der Waals surface area (Å²) in [6.07, 6.45) is 5.20. The van der Waals surface area contributed by atoms with Gasteiger partial charge in [0.25, 0.3) is 0 Å². The van der Waals surface area contributed by atoms with Crippen LogP contribution in [0.3, 0.4) is 0 Å². The summed E-state index contributed by atoms with van der Waals surface area (Å²) in [7, 11) is 0. The number of carbonyl (C=O) groups is 1. The van der Waals surface area contributed by atoms with Crippen molar-refractivity contribution in [3.63, 3.8) is 0 Å². The molecule has 0 saturated heterocycles. The summed E-state index contributed by atoms with van der Waals surface area (Å²) in [5.74, 6) is 1.37. The lowest BCUT2D eigenvalue weighted by atomic mass is 10.2. The highest BCUT2D eigenvalue weighted by Gasteiger charge is 2.15. The first-order valence-electron chi connectivity index (χ1n) is 6.28. The van der Waals surface area contributed by atoms with Crippen molar-refractivity contribution in [2.75, 3.05) is 5.75 Å². The number of aryl methyl sites for hydroxylation is 1. The number of nitrogens with two attached hydrogens (primary N) is 2. The van der Waals surface area contributed by atoms with Gasteiger partial charge in [-0.2, -0.15) is 0 Å². The van der Waals surface area contributed by atoms with Gasteiger partial charge in [-0.25, -0.2) is 0 Å². The minimum absolute atomic E-state index is 0.448. The van der Waals surface area contributed by atoms with Gasteiger partial charge in [0.2, 0.25) is 5.91 Å². The molecule has 7 heteroatoms. The van der Waals surface area contributed by atoms with E-state index >= 15 is 0 Å². The van der Waals surface area contributed by atoms with Crippen LogP contribution >= 0.6 is 11.8 Å². The number of thioether (sulfide) groups is 1. The molecule has 100 valence electrons. The van der Waals surface area contributed by atoms with Crippen molar-refractivity contribution in [1.82, 2.24) is 14.8 Å². The Bertz CT molecular complexity index is 420. The molecule has 0 fully saturated rings. The fraction of sp³-hybridized carbons (Fsp3) is 0.727. The maximum absolute atomic E-state index is 10.8. The molecule has 18 heavy (non-hydrogen) atoms. The van der Waals surface area contributed by atoms with E-state index in [0.717, 1.165) is 29.7 Å². The van der Waals surface area contributed by atoms with Gasteiger partial charge in [0.1, 0.15) is 5.82 Å². The molecule has 1 amide bonds. The number of nitrogens with zero attached hydrogens (tertiary/aromatic N) is 3. The van der Waals surface area contributed by atoms with E-state index in [4.69, 9.17) is 11.5 Å². The molecule has 1 aromatic rings. The molecule has 2 rings (SSSR count). The summed E-state index contributed by atoms with van der Waals surface area (Å²) in [6.45, 7) is 0.993. The van der Waals surface area contributed by atoms with Gasteiger partial charge in [0, 0.05) is 18.7 Å². The maximum atomic E-state index is 10.8. The molecule has 0 radical (unpaired) electrons. The first-order chi connectivity index (χ1) is 8.68. The molecule has 4 N–H and O–H groups in total. The molecule has 0 aromatic carbocycles. The maximum Gasteiger partial charge on any atom is 0.234 e. The molecule has 0 spiro atoms. The van der Waals surface area contributed by atoms with E-state index in [1.54, 1.807) is 11.8 Å². The van der Waals surface area contributed by atoms with Gasteiger partial charge >= 0.3 is 0 Å². The lowest BCUT2D eigenvalue weighted by Crippen LogP contribution is -2.36. The highest BCUT2D eigenvalue weighted by Crippen LogP contribution is 2.22. The summed E-state index contributed by atoms with van der Waals surface area (Å²) in [4.78, 5) is 10.8. The number of rotatable bonds is 5. The van der Waals surface area contributed by atoms with E-state index in [9.17, 15) is 4.79 Å². The van der Waals surface area contributed by atoms with Crippen LogP contribution in [0.2, 0.25) is 0 Å². The Morgan fingerprint density at radius 3 is 3.00 bits per heavy atom. The van der Waals surface area contributed by atoms with Crippen molar-refractivity contribution in [2.45, 2.75) is 49.8 Å². The van der Waals surface area contributed by atoms with E-state index in [-0.39, 0.29) is 0 Å². The van der Waals surface area contributed by atoms with Crippen molar-refractivity contribution in [2.24, 2.45) is 11.5 Å². The first-order valence-corrected chi connectivity index (χ1v) is 7.27. The predicted octanol–water partition coefficient (Wildman–Crippen LogP) is 0.299. The lowest BCUT2D eigenvalue weighted by Gasteiger charge is -2.08. The van der Waals surface area contributed by atoms with E-state index in [1.165, 1.54) is 19.3 Å². The van der Waals surface area contributed by atoms with Crippen LogP contribution in [-0.2, 0) is 17.8 Å². The quantitative estimate of drug-likeness (QED) is 0.749. The Hall–Kier alpha value is -1.08.